The number of hydrogen-bond acceptors (Lipinski definition) is 5. The van der Waals surface area contributed by atoms with Crippen molar-refractivity contribution < 1.29 is 14.0 Å². The maximum Gasteiger partial charge on any atom is 0.259 e. The minimum Gasteiger partial charge on any atom is -0.465 e. The van der Waals surface area contributed by atoms with Crippen LogP contribution in [0.1, 0.15) is 18.2 Å². The fourth-order valence-electron chi connectivity index (χ4n) is 1.74. The Bertz CT molecular complexity index is 747. The zero-order valence-corrected chi connectivity index (χ0v) is 13.2. The second-order valence-corrected chi connectivity index (χ2v) is 4.92. The number of anilines is 1. The summed E-state index contributed by atoms with van der Waals surface area (Å²) in [5.74, 6) is -0.274. The first-order chi connectivity index (χ1) is 11.5. The summed E-state index contributed by atoms with van der Waals surface area (Å²) in [6.07, 6.45) is 4.30. The quantitative estimate of drug-likeness (QED) is 0.323. The van der Waals surface area contributed by atoms with Crippen molar-refractivity contribution in [3.63, 3.8) is 0 Å². The van der Waals surface area contributed by atoms with Crippen molar-refractivity contribution in [3.8, 4) is 0 Å². The smallest absolute Gasteiger partial charge is 0.259 e. The number of carbonyl (C=O) groups excluding carboxylic acids is 2. The Kier molecular flexibility index (Phi) is 5.90. The van der Waals surface area contributed by atoms with Crippen molar-refractivity contribution in [2.24, 2.45) is 5.10 Å². The highest BCUT2D eigenvalue weighted by molar-refractivity contribution is 5.99. The van der Waals surface area contributed by atoms with Gasteiger partial charge in [0.15, 0.2) is 0 Å². The fraction of sp³-hybridized carbons (Fsp3) is 0.118. The summed E-state index contributed by atoms with van der Waals surface area (Å²) in [7, 11) is 0. The minimum atomic E-state index is -0.426. The maximum absolute atomic E-state index is 11.7. The maximum atomic E-state index is 11.7. The Hall–Kier alpha value is -3.35. The molecule has 0 aliphatic heterocycles. The monoisotopic (exact) mass is 326 g/mol. The molecule has 1 aromatic heterocycles. The van der Waals surface area contributed by atoms with E-state index in [2.05, 4.69) is 15.8 Å². The van der Waals surface area contributed by atoms with Gasteiger partial charge in [0.2, 0.25) is 5.91 Å². The first kappa shape index (κ1) is 17.0. The van der Waals surface area contributed by atoms with E-state index in [1.807, 2.05) is 12.1 Å². The van der Waals surface area contributed by atoms with Crippen LogP contribution in [0.3, 0.4) is 0 Å². The third-order valence-electron chi connectivity index (χ3n) is 3.04. The van der Waals surface area contributed by atoms with E-state index >= 15 is 0 Å². The SMILES string of the molecule is C/C(=N/NC(=O)CNC(=O)/C=C/c1ccco1)c1ccc(N)cc1. The Balaban J connectivity index is 1.77. The highest BCUT2D eigenvalue weighted by atomic mass is 16.3. The lowest BCUT2D eigenvalue weighted by molar-refractivity contribution is -0.123. The third-order valence-corrected chi connectivity index (χ3v) is 3.04. The van der Waals surface area contributed by atoms with Crippen molar-refractivity contribution in [2.45, 2.75) is 6.92 Å². The van der Waals surface area contributed by atoms with Crippen LogP contribution < -0.4 is 16.5 Å². The number of nitrogens with one attached hydrogen (secondary N) is 2. The molecule has 7 nitrogen and oxygen atoms in total. The molecule has 24 heavy (non-hydrogen) atoms. The van der Waals surface area contributed by atoms with E-state index in [1.165, 1.54) is 18.4 Å². The molecule has 2 amide bonds. The average molecular weight is 326 g/mol. The van der Waals surface area contributed by atoms with Crippen LogP contribution in [0.15, 0.2) is 58.3 Å². The van der Waals surface area contributed by atoms with Gasteiger partial charge >= 0.3 is 0 Å². The predicted octanol–water partition coefficient (Wildman–Crippen LogP) is 1.53. The number of benzene rings is 1. The van der Waals surface area contributed by atoms with Crippen LogP contribution in [0.2, 0.25) is 0 Å². The predicted molar refractivity (Wildman–Crippen MR) is 92.0 cm³/mol. The van der Waals surface area contributed by atoms with Crippen LogP contribution in [0.5, 0.6) is 0 Å². The molecule has 124 valence electrons. The molecule has 0 saturated heterocycles. The van der Waals surface area contributed by atoms with Crippen LogP contribution in [-0.4, -0.2) is 24.1 Å². The van der Waals surface area contributed by atoms with Crippen LogP contribution in [-0.2, 0) is 9.59 Å². The number of nitrogen functional groups attached to an aromatic ring is 1. The van der Waals surface area contributed by atoms with Crippen LogP contribution in [0.4, 0.5) is 5.69 Å². The molecule has 0 unspecified atom stereocenters. The summed E-state index contributed by atoms with van der Waals surface area (Å²) in [5, 5.41) is 6.43. The second-order valence-electron chi connectivity index (χ2n) is 4.92. The summed E-state index contributed by atoms with van der Waals surface area (Å²) in [4.78, 5) is 23.2. The van der Waals surface area contributed by atoms with E-state index in [9.17, 15) is 9.59 Å². The molecule has 0 bridgehead atoms. The van der Waals surface area contributed by atoms with Gasteiger partial charge in [0.05, 0.1) is 18.5 Å². The standard InChI is InChI=1S/C17H18N4O3/c1-12(13-4-6-14(18)7-5-13)20-21-17(23)11-19-16(22)9-8-15-3-2-10-24-15/h2-10H,11,18H2,1H3,(H,19,22)(H,21,23)/b9-8+,20-12-. The van der Waals surface area contributed by atoms with Gasteiger partial charge in [-0.2, -0.15) is 5.10 Å². The summed E-state index contributed by atoms with van der Waals surface area (Å²) in [6.45, 7) is 1.58. The average Bonchev–Trinajstić information content (AvgIpc) is 3.10. The minimum absolute atomic E-state index is 0.181. The highest BCUT2D eigenvalue weighted by Crippen LogP contribution is 2.06. The molecule has 0 radical (unpaired) electrons. The Morgan fingerprint density at radius 3 is 2.67 bits per heavy atom. The molecule has 1 heterocycles. The van der Waals surface area contributed by atoms with Crippen molar-refractivity contribution in [3.05, 3.63) is 60.1 Å². The van der Waals surface area contributed by atoms with E-state index < -0.39 is 11.8 Å². The molecule has 0 aliphatic carbocycles. The zero-order valence-electron chi connectivity index (χ0n) is 13.2. The van der Waals surface area contributed by atoms with Gasteiger partial charge in [-0.15, -0.1) is 0 Å². The number of hydrogen-bond donors (Lipinski definition) is 3. The molecule has 0 spiro atoms. The highest BCUT2D eigenvalue weighted by Gasteiger charge is 2.03. The molecular weight excluding hydrogens is 308 g/mol. The molecule has 7 heteroatoms. The normalized spacial score (nSPS) is 11.5. The lowest BCUT2D eigenvalue weighted by Crippen LogP contribution is -2.34. The number of rotatable bonds is 6. The molecule has 2 rings (SSSR count). The van der Waals surface area contributed by atoms with Crippen molar-refractivity contribution in [2.75, 3.05) is 12.3 Å². The first-order valence-electron chi connectivity index (χ1n) is 7.23. The lowest BCUT2D eigenvalue weighted by atomic mass is 10.1. The fourth-order valence-corrected chi connectivity index (χ4v) is 1.74. The number of amides is 2. The van der Waals surface area contributed by atoms with Gasteiger partial charge in [-0.25, -0.2) is 5.43 Å². The zero-order chi connectivity index (χ0) is 17.4. The molecule has 0 fully saturated rings. The molecule has 2 aromatic rings. The van der Waals surface area contributed by atoms with Crippen molar-refractivity contribution in [1.29, 1.82) is 0 Å². The van der Waals surface area contributed by atoms with Gasteiger partial charge in [0.1, 0.15) is 5.76 Å². The third kappa shape index (κ3) is 5.45. The molecular formula is C17H18N4O3. The number of hydrazone groups is 1. The molecule has 0 aliphatic rings. The Morgan fingerprint density at radius 2 is 2.00 bits per heavy atom. The van der Waals surface area contributed by atoms with Gasteiger partial charge in [-0.05, 0) is 42.8 Å². The molecule has 0 atom stereocenters. The first-order valence-corrected chi connectivity index (χ1v) is 7.23. The van der Waals surface area contributed by atoms with Crippen molar-refractivity contribution in [1.82, 2.24) is 10.7 Å². The largest absolute Gasteiger partial charge is 0.465 e. The Labute approximate surface area is 139 Å². The van der Waals surface area contributed by atoms with Gasteiger partial charge in [-0.1, -0.05) is 12.1 Å². The topological polar surface area (TPSA) is 110 Å². The molecule has 4 N–H and O–H groups in total. The van der Waals surface area contributed by atoms with Gasteiger partial charge in [0, 0.05) is 11.8 Å². The van der Waals surface area contributed by atoms with Gasteiger partial charge in [-0.3, -0.25) is 9.59 Å². The second kappa shape index (κ2) is 8.33. The van der Waals surface area contributed by atoms with E-state index in [4.69, 9.17) is 10.2 Å². The summed E-state index contributed by atoms with van der Waals surface area (Å²) >= 11 is 0. The van der Waals surface area contributed by atoms with Crippen LogP contribution >= 0.6 is 0 Å². The van der Waals surface area contributed by atoms with Gasteiger partial charge < -0.3 is 15.5 Å². The lowest BCUT2D eigenvalue weighted by Gasteiger charge is -2.04. The Morgan fingerprint density at radius 1 is 1.25 bits per heavy atom. The summed E-state index contributed by atoms with van der Waals surface area (Å²) in [5.41, 5.74) is 10.1. The molecule has 1 aromatic carbocycles. The van der Waals surface area contributed by atoms with E-state index in [0.29, 0.717) is 17.2 Å². The summed E-state index contributed by atoms with van der Waals surface area (Å²) < 4.78 is 5.05. The van der Waals surface area contributed by atoms with Crippen LogP contribution in [0.25, 0.3) is 6.08 Å². The van der Waals surface area contributed by atoms with E-state index in [-0.39, 0.29) is 6.54 Å². The molecule has 0 saturated carbocycles. The van der Waals surface area contributed by atoms with Gasteiger partial charge in [0.25, 0.3) is 5.91 Å². The number of nitrogens with zero attached hydrogens (tertiary/aromatic N) is 1. The van der Waals surface area contributed by atoms with E-state index in [0.717, 1.165) is 5.56 Å². The number of nitrogens with two attached hydrogens (primary N) is 1. The number of furan rings is 1. The van der Waals surface area contributed by atoms with E-state index in [1.54, 1.807) is 31.2 Å². The summed E-state index contributed by atoms with van der Waals surface area (Å²) in [6, 6.07) is 10.5. The van der Waals surface area contributed by atoms with Crippen LogP contribution in [0, 0.1) is 0 Å². The number of carbonyl (C=O) groups is 2. The van der Waals surface area contributed by atoms with Crippen molar-refractivity contribution >= 4 is 29.3 Å².